The standard InChI is InChI=1S/C11H19N/c1-4-11(10(2)3)8-6-5-7-9-12-11/h1,10,12H,5-9H2,2-3H3. The normalized spacial score (nSPS) is 31.2. The Bertz CT molecular complexity index is 168. The third-order valence-corrected chi connectivity index (χ3v) is 2.93. The summed E-state index contributed by atoms with van der Waals surface area (Å²) in [6.07, 6.45) is 10.6. The van der Waals surface area contributed by atoms with E-state index >= 15 is 0 Å². The maximum absolute atomic E-state index is 5.60. The van der Waals surface area contributed by atoms with Gasteiger partial charge in [0, 0.05) is 0 Å². The van der Waals surface area contributed by atoms with E-state index in [1.165, 1.54) is 19.3 Å². The minimum atomic E-state index is -0.0174. The first-order valence-electron chi connectivity index (χ1n) is 4.94. The van der Waals surface area contributed by atoms with Crippen LogP contribution in [0.25, 0.3) is 0 Å². The predicted molar refractivity (Wildman–Crippen MR) is 52.9 cm³/mol. The van der Waals surface area contributed by atoms with E-state index in [9.17, 15) is 0 Å². The Kier molecular flexibility index (Phi) is 3.17. The van der Waals surface area contributed by atoms with Crippen molar-refractivity contribution < 1.29 is 0 Å². The minimum absolute atomic E-state index is 0.0174. The lowest BCUT2D eigenvalue weighted by Crippen LogP contribution is -2.47. The second-order valence-electron chi connectivity index (χ2n) is 4.01. The fourth-order valence-electron chi connectivity index (χ4n) is 1.89. The van der Waals surface area contributed by atoms with E-state index < -0.39 is 0 Å². The van der Waals surface area contributed by atoms with E-state index in [-0.39, 0.29) is 5.54 Å². The van der Waals surface area contributed by atoms with Gasteiger partial charge in [-0.25, -0.2) is 0 Å². The minimum Gasteiger partial charge on any atom is -0.301 e. The second kappa shape index (κ2) is 3.96. The summed E-state index contributed by atoms with van der Waals surface area (Å²) in [5.41, 5.74) is -0.0174. The molecule has 0 saturated carbocycles. The van der Waals surface area contributed by atoms with Crippen molar-refractivity contribution in [2.45, 2.75) is 45.1 Å². The maximum atomic E-state index is 5.60. The van der Waals surface area contributed by atoms with Gasteiger partial charge in [0.1, 0.15) is 0 Å². The SMILES string of the molecule is C#CC1(C(C)C)CCCCCN1. The Morgan fingerprint density at radius 1 is 1.33 bits per heavy atom. The Balaban J connectivity index is 2.70. The average Bonchev–Trinajstić information content (AvgIpc) is 2.29. The highest BCUT2D eigenvalue weighted by molar-refractivity contribution is 5.15. The first-order valence-corrected chi connectivity index (χ1v) is 4.94. The highest BCUT2D eigenvalue weighted by Crippen LogP contribution is 2.25. The predicted octanol–water partition coefficient (Wildman–Crippen LogP) is 2.18. The van der Waals surface area contributed by atoms with Crippen molar-refractivity contribution in [2.24, 2.45) is 5.92 Å². The largest absolute Gasteiger partial charge is 0.301 e. The Hall–Kier alpha value is -0.480. The van der Waals surface area contributed by atoms with Gasteiger partial charge in [0.05, 0.1) is 5.54 Å². The quantitative estimate of drug-likeness (QED) is 0.587. The van der Waals surface area contributed by atoms with Crippen molar-refractivity contribution >= 4 is 0 Å². The van der Waals surface area contributed by atoms with E-state index in [4.69, 9.17) is 6.42 Å². The van der Waals surface area contributed by atoms with Gasteiger partial charge in [-0.05, 0) is 25.3 Å². The van der Waals surface area contributed by atoms with Crippen molar-refractivity contribution in [3.63, 3.8) is 0 Å². The molecule has 1 heterocycles. The molecular formula is C11H19N. The third kappa shape index (κ3) is 1.81. The smallest absolute Gasteiger partial charge is 0.0821 e. The molecule has 0 aromatic carbocycles. The summed E-state index contributed by atoms with van der Waals surface area (Å²) >= 11 is 0. The summed E-state index contributed by atoms with van der Waals surface area (Å²) in [5.74, 6) is 3.49. The zero-order chi connectivity index (χ0) is 9.03. The molecule has 0 bridgehead atoms. The summed E-state index contributed by atoms with van der Waals surface area (Å²) in [4.78, 5) is 0. The van der Waals surface area contributed by atoms with Gasteiger partial charge in [0.2, 0.25) is 0 Å². The molecule has 1 fully saturated rings. The van der Waals surface area contributed by atoms with Crippen LogP contribution >= 0.6 is 0 Å². The molecule has 0 aliphatic carbocycles. The molecule has 1 heteroatoms. The topological polar surface area (TPSA) is 12.0 Å². The molecule has 1 rings (SSSR count). The molecule has 0 aromatic rings. The summed E-state index contributed by atoms with van der Waals surface area (Å²) in [5, 5.41) is 3.51. The lowest BCUT2D eigenvalue weighted by Gasteiger charge is -2.32. The Labute approximate surface area is 75.9 Å². The van der Waals surface area contributed by atoms with Crippen LogP contribution in [0.4, 0.5) is 0 Å². The molecule has 0 radical (unpaired) electrons. The molecule has 1 N–H and O–H groups in total. The molecule has 12 heavy (non-hydrogen) atoms. The molecule has 0 amide bonds. The third-order valence-electron chi connectivity index (χ3n) is 2.93. The number of nitrogens with one attached hydrogen (secondary N) is 1. The number of terminal acetylenes is 1. The van der Waals surface area contributed by atoms with Gasteiger partial charge in [0.25, 0.3) is 0 Å². The van der Waals surface area contributed by atoms with Crippen LogP contribution in [0.15, 0.2) is 0 Å². The van der Waals surface area contributed by atoms with Crippen molar-refractivity contribution in [2.75, 3.05) is 6.54 Å². The highest BCUT2D eigenvalue weighted by atomic mass is 15.0. The molecule has 1 atom stereocenters. The lowest BCUT2D eigenvalue weighted by atomic mass is 9.83. The monoisotopic (exact) mass is 165 g/mol. The number of hydrogen-bond donors (Lipinski definition) is 1. The molecular weight excluding hydrogens is 146 g/mol. The highest BCUT2D eigenvalue weighted by Gasteiger charge is 2.31. The molecule has 1 saturated heterocycles. The van der Waals surface area contributed by atoms with Crippen LogP contribution in [-0.2, 0) is 0 Å². The van der Waals surface area contributed by atoms with Gasteiger partial charge in [0.15, 0.2) is 0 Å². The van der Waals surface area contributed by atoms with Crippen LogP contribution in [0.3, 0.4) is 0 Å². The molecule has 0 aromatic heterocycles. The molecule has 1 unspecified atom stereocenters. The van der Waals surface area contributed by atoms with Crippen LogP contribution in [-0.4, -0.2) is 12.1 Å². The molecule has 1 aliphatic heterocycles. The summed E-state index contributed by atoms with van der Waals surface area (Å²) in [6, 6.07) is 0. The van der Waals surface area contributed by atoms with Gasteiger partial charge >= 0.3 is 0 Å². The van der Waals surface area contributed by atoms with Crippen LogP contribution in [0, 0.1) is 18.3 Å². The number of rotatable bonds is 1. The van der Waals surface area contributed by atoms with Crippen molar-refractivity contribution in [1.29, 1.82) is 0 Å². The second-order valence-corrected chi connectivity index (χ2v) is 4.01. The lowest BCUT2D eigenvalue weighted by molar-refractivity contribution is 0.308. The maximum Gasteiger partial charge on any atom is 0.0821 e. The summed E-state index contributed by atoms with van der Waals surface area (Å²) in [7, 11) is 0. The van der Waals surface area contributed by atoms with Crippen LogP contribution in [0.1, 0.15) is 39.5 Å². The Morgan fingerprint density at radius 3 is 2.67 bits per heavy atom. The first-order chi connectivity index (χ1) is 5.71. The zero-order valence-electron chi connectivity index (χ0n) is 8.19. The molecule has 0 spiro atoms. The van der Waals surface area contributed by atoms with Gasteiger partial charge in [-0.3, -0.25) is 0 Å². The van der Waals surface area contributed by atoms with E-state index in [1.807, 2.05) is 0 Å². The number of hydrogen-bond acceptors (Lipinski definition) is 1. The molecule has 1 nitrogen and oxygen atoms in total. The summed E-state index contributed by atoms with van der Waals surface area (Å²) < 4.78 is 0. The van der Waals surface area contributed by atoms with Crippen molar-refractivity contribution in [1.82, 2.24) is 5.32 Å². The van der Waals surface area contributed by atoms with Crippen LogP contribution in [0.5, 0.6) is 0 Å². The first kappa shape index (κ1) is 9.61. The fraction of sp³-hybridized carbons (Fsp3) is 0.818. The van der Waals surface area contributed by atoms with E-state index in [0.717, 1.165) is 13.0 Å². The van der Waals surface area contributed by atoms with Crippen LogP contribution < -0.4 is 5.32 Å². The van der Waals surface area contributed by atoms with Gasteiger partial charge in [-0.15, -0.1) is 6.42 Å². The van der Waals surface area contributed by atoms with Crippen molar-refractivity contribution in [3.8, 4) is 12.3 Å². The fourth-order valence-corrected chi connectivity index (χ4v) is 1.89. The van der Waals surface area contributed by atoms with E-state index in [2.05, 4.69) is 25.1 Å². The van der Waals surface area contributed by atoms with Gasteiger partial charge in [-0.1, -0.05) is 32.6 Å². The zero-order valence-corrected chi connectivity index (χ0v) is 8.19. The van der Waals surface area contributed by atoms with Gasteiger partial charge < -0.3 is 5.32 Å². The summed E-state index contributed by atoms with van der Waals surface area (Å²) in [6.45, 7) is 5.50. The molecule has 1 aliphatic rings. The van der Waals surface area contributed by atoms with E-state index in [0.29, 0.717) is 5.92 Å². The van der Waals surface area contributed by atoms with Crippen LogP contribution in [0.2, 0.25) is 0 Å². The van der Waals surface area contributed by atoms with Crippen molar-refractivity contribution in [3.05, 3.63) is 0 Å². The average molecular weight is 165 g/mol. The molecule has 68 valence electrons. The van der Waals surface area contributed by atoms with Gasteiger partial charge in [-0.2, -0.15) is 0 Å². The Morgan fingerprint density at radius 2 is 2.08 bits per heavy atom. The van der Waals surface area contributed by atoms with E-state index in [1.54, 1.807) is 0 Å².